The topological polar surface area (TPSA) is 41.1 Å². The van der Waals surface area contributed by atoms with Crippen molar-refractivity contribution >= 4 is 5.91 Å². The SMILES string of the molecule is Cc1ccc([C@H]2CC[C@@H](CCNC3(C(=O)NCC4CC4)CCCC3)CC2)c(C)c1. The Labute approximate surface area is 177 Å². The van der Waals surface area contributed by atoms with E-state index in [-0.39, 0.29) is 11.4 Å². The fourth-order valence-electron chi connectivity index (χ4n) is 5.75. The zero-order valence-corrected chi connectivity index (χ0v) is 18.6. The first-order valence-electron chi connectivity index (χ1n) is 12.2. The minimum absolute atomic E-state index is 0.273. The molecule has 160 valence electrons. The molecule has 0 unspecified atom stereocenters. The van der Waals surface area contributed by atoms with Gasteiger partial charge in [-0.15, -0.1) is 0 Å². The van der Waals surface area contributed by atoms with E-state index in [9.17, 15) is 4.79 Å². The minimum atomic E-state index is -0.273. The molecule has 1 aromatic rings. The lowest BCUT2D eigenvalue weighted by atomic mass is 9.76. The van der Waals surface area contributed by atoms with Gasteiger partial charge in [-0.05, 0) is 107 Å². The average Bonchev–Trinajstić information content (AvgIpc) is 3.43. The largest absolute Gasteiger partial charge is 0.354 e. The maximum Gasteiger partial charge on any atom is 0.240 e. The molecule has 3 aliphatic carbocycles. The highest BCUT2D eigenvalue weighted by atomic mass is 16.2. The maximum atomic E-state index is 12.9. The Hall–Kier alpha value is -1.35. The third-order valence-corrected chi connectivity index (χ3v) is 7.87. The highest BCUT2D eigenvalue weighted by Gasteiger charge is 2.41. The Balaban J connectivity index is 1.22. The number of carbonyl (C=O) groups excluding carboxylic acids is 1. The average molecular weight is 397 g/mol. The number of carbonyl (C=O) groups is 1. The number of benzene rings is 1. The van der Waals surface area contributed by atoms with E-state index in [1.54, 1.807) is 5.56 Å². The van der Waals surface area contributed by atoms with Gasteiger partial charge in [0.1, 0.15) is 0 Å². The van der Waals surface area contributed by atoms with E-state index in [2.05, 4.69) is 42.7 Å². The molecule has 3 saturated carbocycles. The molecule has 0 aromatic heterocycles. The minimum Gasteiger partial charge on any atom is -0.354 e. The van der Waals surface area contributed by atoms with Gasteiger partial charge in [0.15, 0.2) is 0 Å². The number of hydrogen-bond acceptors (Lipinski definition) is 2. The van der Waals surface area contributed by atoms with Gasteiger partial charge in [-0.1, -0.05) is 36.6 Å². The normalized spacial score (nSPS) is 26.4. The van der Waals surface area contributed by atoms with Gasteiger partial charge in [0.2, 0.25) is 5.91 Å². The lowest BCUT2D eigenvalue weighted by Gasteiger charge is -2.32. The zero-order valence-electron chi connectivity index (χ0n) is 18.6. The number of rotatable bonds is 8. The van der Waals surface area contributed by atoms with Gasteiger partial charge >= 0.3 is 0 Å². The molecule has 1 aromatic carbocycles. The second kappa shape index (κ2) is 9.20. The first kappa shape index (κ1) is 20.9. The number of nitrogens with one attached hydrogen (secondary N) is 2. The summed E-state index contributed by atoms with van der Waals surface area (Å²) >= 11 is 0. The van der Waals surface area contributed by atoms with E-state index in [0.717, 1.165) is 43.7 Å². The maximum absolute atomic E-state index is 12.9. The van der Waals surface area contributed by atoms with Crippen molar-refractivity contribution < 1.29 is 4.79 Å². The lowest BCUT2D eigenvalue weighted by Crippen LogP contribution is -2.55. The summed E-state index contributed by atoms with van der Waals surface area (Å²) in [5.41, 5.74) is 4.14. The molecule has 3 fully saturated rings. The van der Waals surface area contributed by atoms with Gasteiger partial charge in [-0.25, -0.2) is 0 Å². The van der Waals surface area contributed by atoms with Crippen LogP contribution in [0.4, 0.5) is 0 Å². The van der Waals surface area contributed by atoms with Gasteiger partial charge in [-0.3, -0.25) is 4.79 Å². The summed E-state index contributed by atoms with van der Waals surface area (Å²) in [5, 5.41) is 6.98. The number of hydrogen-bond donors (Lipinski definition) is 2. The summed E-state index contributed by atoms with van der Waals surface area (Å²) < 4.78 is 0. The molecule has 0 saturated heterocycles. The molecular formula is C26H40N2O. The second-order valence-corrected chi connectivity index (χ2v) is 10.2. The van der Waals surface area contributed by atoms with Crippen LogP contribution >= 0.6 is 0 Å². The van der Waals surface area contributed by atoms with E-state index >= 15 is 0 Å². The summed E-state index contributed by atoms with van der Waals surface area (Å²) in [4.78, 5) is 12.9. The lowest BCUT2D eigenvalue weighted by molar-refractivity contribution is -0.127. The van der Waals surface area contributed by atoms with Crippen LogP contribution in [0.2, 0.25) is 0 Å². The van der Waals surface area contributed by atoms with Crippen molar-refractivity contribution in [3.63, 3.8) is 0 Å². The molecule has 0 bridgehead atoms. The molecular weight excluding hydrogens is 356 g/mol. The second-order valence-electron chi connectivity index (χ2n) is 10.2. The van der Waals surface area contributed by atoms with Crippen molar-refractivity contribution in [3.8, 4) is 0 Å². The molecule has 3 heteroatoms. The first-order chi connectivity index (χ1) is 14.1. The molecule has 0 spiro atoms. The molecule has 0 aliphatic heterocycles. The third-order valence-electron chi connectivity index (χ3n) is 7.87. The fourth-order valence-corrected chi connectivity index (χ4v) is 5.75. The first-order valence-corrected chi connectivity index (χ1v) is 12.2. The third kappa shape index (κ3) is 5.23. The van der Waals surface area contributed by atoms with E-state index in [0.29, 0.717) is 0 Å². The van der Waals surface area contributed by atoms with Crippen molar-refractivity contribution in [3.05, 3.63) is 34.9 Å². The van der Waals surface area contributed by atoms with E-state index in [4.69, 9.17) is 0 Å². The molecule has 1 amide bonds. The van der Waals surface area contributed by atoms with Crippen LogP contribution in [-0.4, -0.2) is 24.5 Å². The van der Waals surface area contributed by atoms with Crippen molar-refractivity contribution in [1.82, 2.24) is 10.6 Å². The Morgan fingerprint density at radius 2 is 1.69 bits per heavy atom. The fraction of sp³-hybridized carbons (Fsp3) is 0.731. The van der Waals surface area contributed by atoms with Crippen LogP contribution < -0.4 is 10.6 Å². The summed E-state index contributed by atoms with van der Waals surface area (Å²) in [6.07, 6.45) is 13.5. The van der Waals surface area contributed by atoms with E-state index in [1.165, 1.54) is 68.9 Å². The molecule has 3 aliphatic rings. The van der Waals surface area contributed by atoms with Gasteiger partial charge in [0, 0.05) is 6.54 Å². The van der Waals surface area contributed by atoms with Crippen LogP contribution in [0.3, 0.4) is 0 Å². The monoisotopic (exact) mass is 396 g/mol. The molecule has 2 N–H and O–H groups in total. The predicted octanol–water partition coefficient (Wildman–Crippen LogP) is 5.40. The summed E-state index contributed by atoms with van der Waals surface area (Å²) in [7, 11) is 0. The van der Waals surface area contributed by atoms with Gasteiger partial charge in [0.25, 0.3) is 0 Å². The van der Waals surface area contributed by atoms with Crippen LogP contribution in [0.15, 0.2) is 18.2 Å². The molecule has 0 radical (unpaired) electrons. The molecule has 0 heterocycles. The predicted molar refractivity (Wildman–Crippen MR) is 120 cm³/mol. The van der Waals surface area contributed by atoms with Crippen molar-refractivity contribution in [2.45, 2.75) is 95.9 Å². The van der Waals surface area contributed by atoms with Gasteiger partial charge in [-0.2, -0.15) is 0 Å². The van der Waals surface area contributed by atoms with Gasteiger partial charge in [0.05, 0.1) is 5.54 Å². The van der Waals surface area contributed by atoms with Crippen molar-refractivity contribution in [2.75, 3.05) is 13.1 Å². The summed E-state index contributed by atoms with van der Waals surface area (Å²) in [6, 6.07) is 6.97. The highest BCUT2D eigenvalue weighted by Crippen LogP contribution is 2.38. The standard InChI is InChI=1S/C26H40N2O/c1-19-5-12-24(20(2)17-19)23-10-8-21(9-11-23)13-16-28-26(14-3-4-15-26)25(29)27-18-22-6-7-22/h5,12,17,21-23,28H,3-4,6-11,13-16,18H2,1-2H3,(H,27,29)/t21-,23+. The molecule has 3 nitrogen and oxygen atoms in total. The quantitative estimate of drug-likeness (QED) is 0.618. The number of aryl methyl sites for hydroxylation is 2. The van der Waals surface area contributed by atoms with Crippen molar-refractivity contribution in [1.29, 1.82) is 0 Å². The Morgan fingerprint density at radius 1 is 1.00 bits per heavy atom. The van der Waals surface area contributed by atoms with Crippen LogP contribution in [0.5, 0.6) is 0 Å². The van der Waals surface area contributed by atoms with E-state index < -0.39 is 0 Å². The zero-order chi connectivity index (χ0) is 20.3. The Morgan fingerprint density at radius 3 is 2.34 bits per heavy atom. The summed E-state index contributed by atoms with van der Waals surface area (Å²) in [5.74, 6) is 2.59. The number of amides is 1. The molecule has 0 atom stereocenters. The molecule has 4 rings (SSSR count). The van der Waals surface area contributed by atoms with Crippen LogP contribution in [0, 0.1) is 25.7 Å². The highest BCUT2D eigenvalue weighted by molar-refractivity contribution is 5.86. The van der Waals surface area contributed by atoms with Gasteiger partial charge < -0.3 is 10.6 Å². The van der Waals surface area contributed by atoms with Crippen molar-refractivity contribution in [2.24, 2.45) is 11.8 Å². The molecule has 29 heavy (non-hydrogen) atoms. The summed E-state index contributed by atoms with van der Waals surface area (Å²) in [6.45, 7) is 6.35. The smallest absolute Gasteiger partial charge is 0.240 e. The Kier molecular flexibility index (Phi) is 6.63. The van der Waals surface area contributed by atoms with Crippen LogP contribution in [-0.2, 0) is 4.79 Å². The van der Waals surface area contributed by atoms with Crippen LogP contribution in [0.25, 0.3) is 0 Å². The van der Waals surface area contributed by atoms with Crippen LogP contribution in [0.1, 0.15) is 93.2 Å². The van der Waals surface area contributed by atoms with E-state index in [1.807, 2.05) is 0 Å². The Bertz CT molecular complexity index is 695.